The van der Waals surface area contributed by atoms with Crippen LogP contribution in [0.1, 0.15) is 33.6 Å². The van der Waals surface area contributed by atoms with Crippen LogP contribution in [0.25, 0.3) is 0 Å². The fourth-order valence-corrected chi connectivity index (χ4v) is 2.37. The third-order valence-electron chi connectivity index (χ3n) is 3.14. The van der Waals surface area contributed by atoms with Crippen molar-refractivity contribution in [2.75, 3.05) is 25.0 Å². The molecular weight excluding hydrogens is 328 g/mol. The minimum Gasteiger partial charge on any atom is -0.367 e. The zero-order chi connectivity index (χ0) is 14.3. The van der Waals surface area contributed by atoms with E-state index in [1.807, 2.05) is 0 Å². The molecule has 0 aliphatic rings. The maximum Gasteiger partial charge on any atom is 0.148 e. The lowest BCUT2D eigenvalue weighted by molar-refractivity contribution is 0.295. The Kier molecular flexibility index (Phi) is 7.64. The molecule has 0 spiro atoms. The van der Waals surface area contributed by atoms with E-state index in [0.717, 1.165) is 36.3 Å². The second-order valence-corrected chi connectivity index (χ2v) is 5.69. The van der Waals surface area contributed by atoms with Gasteiger partial charge in [0, 0.05) is 6.04 Å². The molecule has 0 aliphatic carbocycles. The number of rotatable bonds is 8. The fourth-order valence-electron chi connectivity index (χ4n) is 1.92. The van der Waals surface area contributed by atoms with Gasteiger partial charge in [0.15, 0.2) is 0 Å². The molecule has 19 heavy (non-hydrogen) atoms. The van der Waals surface area contributed by atoms with E-state index in [1.54, 1.807) is 0 Å². The lowest BCUT2D eigenvalue weighted by Crippen LogP contribution is -2.25. The number of halogens is 2. The van der Waals surface area contributed by atoms with Crippen molar-refractivity contribution in [2.45, 2.75) is 39.7 Å². The van der Waals surface area contributed by atoms with Crippen LogP contribution in [0, 0.1) is 0 Å². The molecule has 4 nitrogen and oxygen atoms in total. The summed E-state index contributed by atoms with van der Waals surface area (Å²) in [5.41, 5.74) is 0. The molecule has 0 saturated carbocycles. The van der Waals surface area contributed by atoms with Gasteiger partial charge in [-0.1, -0.05) is 25.4 Å². The molecule has 1 aromatic rings. The summed E-state index contributed by atoms with van der Waals surface area (Å²) >= 11 is 9.33. The van der Waals surface area contributed by atoms with Crippen LogP contribution >= 0.6 is 27.5 Å². The summed E-state index contributed by atoms with van der Waals surface area (Å²) in [5, 5.41) is 3.80. The Morgan fingerprint density at radius 3 is 2.68 bits per heavy atom. The lowest BCUT2D eigenvalue weighted by atomic mass is 10.1. The van der Waals surface area contributed by atoms with Crippen molar-refractivity contribution >= 4 is 33.3 Å². The first-order chi connectivity index (χ1) is 9.08. The summed E-state index contributed by atoms with van der Waals surface area (Å²) in [5.74, 6) is 0.760. The first kappa shape index (κ1) is 16.7. The van der Waals surface area contributed by atoms with Crippen LogP contribution in [0.4, 0.5) is 5.82 Å². The van der Waals surface area contributed by atoms with Crippen LogP contribution in [-0.4, -0.2) is 40.5 Å². The molecule has 0 fully saturated rings. The predicted molar refractivity (Wildman–Crippen MR) is 84.8 cm³/mol. The van der Waals surface area contributed by atoms with Crippen LogP contribution in [0.2, 0.25) is 5.15 Å². The van der Waals surface area contributed by atoms with E-state index < -0.39 is 0 Å². The fraction of sp³-hybridized carbons (Fsp3) is 0.692. The average molecular weight is 350 g/mol. The maximum absolute atomic E-state index is 5.94. The molecular formula is C13H22BrClN4. The van der Waals surface area contributed by atoms with Gasteiger partial charge >= 0.3 is 0 Å². The standard InChI is InChI=1S/C13H22BrClN4/c1-4-19(5-2)8-6-7-10(3)18-13-11(14)12(15)16-9-17-13/h9-10H,4-8H2,1-3H3,(H,16,17,18). The Labute approximate surface area is 129 Å². The maximum atomic E-state index is 5.94. The topological polar surface area (TPSA) is 41.0 Å². The minimum absolute atomic E-state index is 0.359. The largest absolute Gasteiger partial charge is 0.367 e. The van der Waals surface area contributed by atoms with Gasteiger partial charge in [0.05, 0.1) is 4.47 Å². The van der Waals surface area contributed by atoms with Gasteiger partial charge in [0.2, 0.25) is 0 Å². The summed E-state index contributed by atoms with van der Waals surface area (Å²) in [6, 6.07) is 0.359. The zero-order valence-corrected chi connectivity index (χ0v) is 14.1. The van der Waals surface area contributed by atoms with Crippen LogP contribution < -0.4 is 5.32 Å². The quantitative estimate of drug-likeness (QED) is 0.724. The van der Waals surface area contributed by atoms with E-state index >= 15 is 0 Å². The number of nitrogens with zero attached hydrogens (tertiary/aromatic N) is 3. The molecule has 0 radical (unpaired) electrons. The molecule has 1 atom stereocenters. The predicted octanol–water partition coefficient (Wildman–Crippen LogP) is 3.81. The first-order valence-corrected chi connectivity index (χ1v) is 7.90. The molecule has 1 N–H and O–H groups in total. The lowest BCUT2D eigenvalue weighted by Gasteiger charge is -2.20. The van der Waals surface area contributed by atoms with Crippen molar-refractivity contribution < 1.29 is 0 Å². The molecule has 1 unspecified atom stereocenters. The van der Waals surface area contributed by atoms with Gasteiger partial charge in [-0.3, -0.25) is 0 Å². The van der Waals surface area contributed by atoms with Crippen LogP contribution in [-0.2, 0) is 0 Å². The number of nitrogens with one attached hydrogen (secondary N) is 1. The van der Waals surface area contributed by atoms with Crippen molar-refractivity contribution in [1.29, 1.82) is 0 Å². The Balaban J connectivity index is 2.39. The number of hydrogen-bond donors (Lipinski definition) is 1. The second kappa shape index (κ2) is 8.72. The number of anilines is 1. The summed E-state index contributed by atoms with van der Waals surface area (Å²) < 4.78 is 0.729. The van der Waals surface area contributed by atoms with E-state index in [-0.39, 0.29) is 0 Å². The summed E-state index contributed by atoms with van der Waals surface area (Å²) in [6.07, 6.45) is 3.74. The summed E-state index contributed by atoms with van der Waals surface area (Å²) in [7, 11) is 0. The third-order valence-corrected chi connectivity index (χ3v) is 4.40. The van der Waals surface area contributed by atoms with E-state index in [1.165, 1.54) is 12.7 Å². The van der Waals surface area contributed by atoms with Gasteiger partial charge in [0.1, 0.15) is 17.3 Å². The van der Waals surface area contributed by atoms with E-state index in [9.17, 15) is 0 Å². The van der Waals surface area contributed by atoms with Crippen molar-refractivity contribution in [3.63, 3.8) is 0 Å². The Morgan fingerprint density at radius 2 is 2.05 bits per heavy atom. The summed E-state index contributed by atoms with van der Waals surface area (Å²) in [6.45, 7) is 9.93. The van der Waals surface area contributed by atoms with Gasteiger partial charge in [-0.05, 0) is 55.3 Å². The molecule has 1 rings (SSSR count). The molecule has 1 heterocycles. The Hall–Kier alpha value is -0.390. The second-order valence-electron chi connectivity index (χ2n) is 4.54. The van der Waals surface area contributed by atoms with Gasteiger partial charge < -0.3 is 10.2 Å². The molecule has 0 bridgehead atoms. The highest BCUT2D eigenvalue weighted by atomic mass is 79.9. The van der Waals surface area contributed by atoms with E-state index in [4.69, 9.17) is 11.6 Å². The van der Waals surface area contributed by atoms with Gasteiger partial charge in [-0.2, -0.15) is 0 Å². The molecule has 0 aromatic carbocycles. The molecule has 6 heteroatoms. The van der Waals surface area contributed by atoms with E-state index in [0.29, 0.717) is 11.2 Å². The first-order valence-electron chi connectivity index (χ1n) is 6.73. The molecule has 0 saturated heterocycles. The monoisotopic (exact) mass is 348 g/mol. The highest BCUT2D eigenvalue weighted by Gasteiger charge is 2.10. The average Bonchev–Trinajstić information content (AvgIpc) is 2.40. The van der Waals surface area contributed by atoms with Crippen molar-refractivity contribution in [2.24, 2.45) is 0 Å². The normalized spacial score (nSPS) is 12.7. The smallest absolute Gasteiger partial charge is 0.148 e. The van der Waals surface area contributed by atoms with Crippen LogP contribution in [0.15, 0.2) is 10.8 Å². The van der Waals surface area contributed by atoms with Gasteiger partial charge in [0.25, 0.3) is 0 Å². The zero-order valence-electron chi connectivity index (χ0n) is 11.8. The minimum atomic E-state index is 0.359. The van der Waals surface area contributed by atoms with E-state index in [2.05, 4.69) is 56.9 Å². The Bertz CT molecular complexity index is 385. The molecule has 0 amide bonds. The van der Waals surface area contributed by atoms with Crippen LogP contribution in [0.3, 0.4) is 0 Å². The van der Waals surface area contributed by atoms with Gasteiger partial charge in [-0.15, -0.1) is 0 Å². The SMILES string of the molecule is CCN(CC)CCCC(C)Nc1ncnc(Cl)c1Br. The van der Waals surface area contributed by atoms with Crippen LogP contribution in [0.5, 0.6) is 0 Å². The highest BCUT2D eigenvalue weighted by molar-refractivity contribution is 9.10. The van der Waals surface area contributed by atoms with Crippen molar-refractivity contribution in [3.05, 3.63) is 16.0 Å². The third kappa shape index (κ3) is 5.63. The highest BCUT2D eigenvalue weighted by Crippen LogP contribution is 2.26. The van der Waals surface area contributed by atoms with Gasteiger partial charge in [-0.25, -0.2) is 9.97 Å². The molecule has 0 aliphatic heterocycles. The number of hydrogen-bond acceptors (Lipinski definition) is 4. The summed E-state index contributed by atoms with van der Waals surface area (Å²) in [4.78, 5) is 10.5. The van der Waals surface area contributed by atoms with Crippen molar-refractivity contribution in [1.82, 2.24) is 14.9 Å². The Morgan fingerprint density at radius 1 is 1.37 bits per heavy atom. The molecule has 108 valence electrons. The van der Waals surface area contributed by atoms with Crippen molar-refractivity contribution in [3.8, 4) is 0 Å². The molecule has 1 aromatic heterocycles. The number of aromatic nitrogens is 2.